The molecule has 6 heteroatoms. The lowest BCUT2D eigenvalue weighted by molar-refractivity contribution is -0.0390. The van der Waals surface area contributed by atoms with Gasteiger partial charge in [0.05, 0.1) is 19.3 Å². The Hall–Kier alpha value is -1.89. The summed E-state index contributed by atoms with van der Waals surface area (Å²) < 4.78 is 11.5. The van der Waals surface area contributed by atoms with E-state index in [0.29, 0.717) is 19.3 Å². The van der Waals surface area contributed by atoms with Crippen LogP contribution >= 0.6 is 11.3 Å². The van der Waals surface area contributed by atoms with Crippen LogP contribution in [0, 0.1) is 0 Å². The van der Waals surface area contributed by atoms with Gasteiger partial charge in [0, 0.05) is 36.6 Å². The largest absolute Gasteiger partial charge is 0.381 e. The van der Waals surface area contributed by atoms with E-state index in [0.717, 1.165) is 45.1 Å². The Balaban J connectivity index is 1.54. The molecule has 164 valence electrons. The summed E-state index contributed by atoms with van der Waals surface area (Å²) in [5.74, 6) is 0.853. The maximum absolute atomic E-state index is 6.06. The maximum Gasteiger partial charge on any atom is 0.191 e. The fourth-order valence-corrected chi connectivity index (χ4v) is 4.29. The van der Waals surface area contributed by atoms with E-state index in [1.54, 1.807) is 11.3 Å². The fraction of sp³-hybridized carbons (Fsp3) is 0.542. The SMILES string of the molecule is CCNC(=NCc1cccc(COC2CCOCC2)c1)NCC(C)(C)c1cccs1. The molecule has 0 spiro atoms. The third kappa shape index (κ3) is 7.11. The number of aliphatic imine (C=N–C) groups is 1. The molecule has 0 atom stereocenters. The van der Waals surface area contributed by atoms with Crippen molar-refractivity contribution >= 4 is 17.3 Å². The van der Waals surface area contributed by atoms with Crippen LogP contribution in [0.15, 0.2) is 46.8 Å². The first-order chi connectivity index (χ1) is 14.6. The van der Waals surface area contributed by atoms with Crippen molar-refractivity contribution in [2.45, 2.75) is 58.3 Å². The van der Waals surface area contributed by atoms with Crippen molar-refractivity contribution in [1.29, 1.82) is 0 Å². The molecule has 1 aliphatic rings. The van der Waals surface area contributed by atoms with Crippen molar-refractivity contribution in [2.24, 2.45) is 4.99 Å². The minimum absolute atomic E-state index is 0.0613. The summed E-state index contributed by atoms with van der Waals surface area (Å²) in [5.41, 5.74) is 2.45. The number of guanidine groups is 1. The molecule has 3 rings (SSSR count). The predicted octanol–water partition coefficient (Wildman–Crippen LogP) is 4.48. The molecule has 0 unspecified atom stereocenters. The Morgan fingerprint density at radius 3 is 2.70 bits per heavy atom. The standard InChI is InChI=1S/C24H35N3O2S/c1-4-25-23(27-18-24(2,3)22-9-6-14-30-22)26-16-19-7-5-8-20(15-19)17-29-21-10-12-28-13-11-21/h5-9,14-15,21H,4,10-13,16-18H2,1-3H3,(H2,25,26,27). The number of rotatable bonds is 9. The van der Waals surface area contributed by atoms with E-state index in [-0.39, 0.29) is 5.41 Å². The van der Waals surface area contributed by atoms with Crippen LogP contribution in [-0.2, 0) is 28.0 Å². The lowest BCUT2D eigenvalue weighted by Gasteiger charge is -2.25. The first kappa shape index (κ1) is 22.8. The van der Waals surface area contributed by atoms with E-state index in [1.807, 2.05) is 0 Å². The summed E-state index contributed by atoms with van der Waals surface area (Å²) >= 11 is 1.80. The third-order valence-corrected chi connectivity index (χ3v) is 6.53. The minimum Gasteiger partial charge on any atom is -0.381 e. The van der Waals surface area contributed by atoms with Gasteiger partial charge < -0.3 is 20.1 Å². The molecule has 5 nitrogen and oxygen atoms in total. The zero-order valence-electron chi connectivity index (χ0n) is 18.4. The van der Waals surface area contributed by atoms with Crippen LogP contribution in [-0.4, -0.2) is 38.4 Å². The van der Waals surface area contributed by atoms with E-state index < -0.39 is 0 Å². The Bertz CT molecular complexity index is 784. The average molecular weight is 430 g/mol. The highest BCUT2D eigenvalue weighted by atomic mass is 32.1. The van der Waals surface area contributed by atoms with Crippen molar-refractivity contribution in [3.05, 3.63) is 57.8 Å². The molecule has 0 radical (unpaired) electrons. The number of thiophene rings is 1. The van der Waals surface area contributed by atoms with Gasteiger partial charge in [-0.1, -0.05) is 44.2 Å². The first-order valence-electron chi connectivity index (χ1n) is 10.9. The average Bonchev–Trinajstić information content (AvgIpc) is 3.31. The third-order valence-electron chi connectivity index (χ3n) is 5.30. The van der Waals surface area contributed by atoms with Crippen molar-refractivity contribution in [2.75, 3.05) is 26.3 Å². The number of benzene rings is 1. The Kier molecular flexibility index (Phi) is 8.73. The second-order valence-electron chi connectivity index (χ2n) is 8.35. The summed E-state index contributed by atoms with van der Waals surface area (Å²) in [5, 5.41) is 9.00. The van der Waals surface area contributed by atoms with Gasteiger partial charge in [-0.05, 0) is 42.3 Å². The zero-order valence-corrected chi connectivity index (χ0v) is 19.3. The van der Waals surface area contributed by atoms with Gasteiger partial charge >= 0.3 is 0 Å². The van der Waals surface area contributed by atoms with Gasteiger partial charge in [0.15, 0.2) is 5.96 Å². The van der Waals surface area contributed by atoms with Crippen LogP contribution in [0.1, 0.15) is 49.6 Å². The summed E-state index contributed by atoms with van der Waals surface area (Å²) in [6.45, 7) is 11.2. The molecule has 1 fully saturated rings. The second kappa shape index (κ2) is 11.5. The van der Waals surface area contributed by atoms with Crippen molar-refractivity contribution in [3.63, 3.8) is 0 Å². The molecular formula is C24H35N3O2S. The topological polar surface area (TPSA) is 54.9 Å². The van der Waals surface area contributed by atoms with Crippen molar-refractivity contribution in [1.82, 2.24) is 10.6 Å². The monoisotopic (exact) mass is 429 g/mol. The van der Waals surface area contributed by atoms with Gasteiger partial charge in [0.1, 0.15) is 0 Å². The Morgan fingerprint density at radius 1 is 1.17 bits per heavy atom. The van der Waals surface area contributed by atoms with Gasteiger partial charge in [-0.15, -0.1) is 11.3 Å². The molecule has 2 aromatic rings. The van der Waals surface area contributed by atoms with E-state index >= 15 is 0 Å². The van der Waals surface area contributed by atoms with E-state index in [2.05, 4.69) is 73.2 Å². The highest BCUT2D eigenvalue weighted by Crippen LogP contribution is 2.26. The lowest BCUT2D eigenvalue weighted by Crippen LogP contribution is -2.43. The molecule has 0 aliphatic carbocycles. The Labute approximate surface area is 184 Å². The normalized spacial score (nSPS) is 15.9. The van der Waals surface area contributed by atoms with Gasteiger partial charge in [0.25, 0.3) is 0 Å². The quantitative estimate of drug-likeness (QED) is 0.456. The zero-order chi connectivity index (χ0) is 21.2. The van der Waals surface area contributed by atoms with Gasteiger partial charge in [0.2, 0.25) is 0 Å². The molecular weight excluding hydrogens is 394 g/mol. The summed E-state index contributed by atoms with van der Waals surface area (Å²) in [7, 11) is 0. The molecule has 1 aliphatic heterocycles. The van der Waals surface area contributed by atoms with Crippen LogP contribution in [0.4, 0.5) is 0 Å². The highest BCUT2D eigenvalue weighted by molar-refractivity contribution is 7.10. The van der Waals surface area contributed by atoms with Crippen LogP contribution in [0.5, 0.6) is 0 Å². The van der Waals surface area contributed by atoms with E-state index in [4.69, 9.17) is 14.5 Å². The second-order valence-corrected chi connectivity index (χ2v) is 9.30. The number of hydrogen-bond acceptors (Lipinski definition) is 4. The molecule has 1 aromatic heterocycles. The smallest absolute Gasteiger partial charge is 0.191 e. The molecule has 0 bridgehead atoms. The summed E-state index contributed by atoms with van der Waals surface area (Å²) in [6, 6.07) is 12.8. The number of ether oxygens (including phenoxy) is 2. The van der Waals surface area contributed by atoms with Crippen LogP contribution in [0.25, 0.3) is 0 Å². The fourth-order valence-electron chi connectivity index (χ4n) is 3.44. The van der Waals surface area contributed by atoms with Gasteiger partial charge in [-0.2, -0.15) is 0 Å². The molecule has 1 saturated heterocycles. The molecule has 30 heavy (non-hydrogen) atoms. The van der Waals surface area contributed by atoms with Crippen molar-refractivity contribution in [3.8, 4) is 0 Å². The summed E-state index contributed by atoms with van der Waals surface area (Å²) in [4.78, 5) is 6.18. The van der Waals surface area contributed by atoms with Crippen LogP contribution in [0.2, 0.25) is 0 Å². The van der Waals surface area contributed by atoms with E-state index in [1.165, 1.54) is 16.0 Å². The minimum atomic E-state index is 0.0613. The van der Waals surface area contributed by atoms with E-state index in [9.17, 15) is 0 Å². The van der Waals surface area contributed by atoms with Crippen LogP contribution in [0.3, 0.4) is 0 Å². The highest BCUT2D eigenvalue weighted by Gasteiger charge is 2.22. The van der Waals surface area contributed by atoms with Gasteiger partial charge in [-0.3, -0.25) is 0 Å². The number of nitrogens with zero attached hydrogens (tertiary/aromatic N) is 1. The predicted molar refractivity (Wildman–Crippen MR) is 125 cm³/mol. The molecule has 1 aromatic carbocycles. The summed E-state index contributed by atoms with van der Waals surface area (Å²) in [6.07, 6.45) is 2.30. The molecule has 2 heterocycles. The number of hydrogen-bond donors (Lipinski definition) is 2. The maximum atomic E-state index is 6.06. The lowest BCUT2D eigenvalue weighted by atomic mass is 9.91. The van der Waals surface area contributed by atoms with Gasteiger partial charge in [-0.25, -0.2) is 4.99 Å². The molecule has 0 amide bonds. The van der Waals surface area contributed by atoms with Crippen molar-refractivity contribution < 1.29 is 9.47 Å². The molecule has 0 saturated carbocycles. The molecule has 2 N–H and O–H groups in total. The Morgan fingerprint density at radius 2 is 1.97 bits per heavy atom. The van der Waals surface area contributed by atoms with Crippen LogP contribution < -0.4 is 10.6 Å². The number of nitrogens with one attached hydrogen (secondary N) is 2. The first-order valence-corrected chi connectivity index (χ1v) is 11.8.